The van der Waals surface area contributed by atoms with Crippen LogP contribution in [0.3, 0.4) is 0 Å². The standard InChI is InChI=1S/C7H8O5.C6H8O4.C6H12O3.C6H10O3/c1-2-7(12,3-5(8)9)4-6(10)11;1-2-6(3-7,4-8)5(9)10;2*1-2-6(3-7,4-8)5-9/h1,12H,3-4H2,(H,8,9)(H,10,11);1,7-8H,3-4H2,(H,9,10);2,7-9H,1,3-5H2;1,7-9H,3-5H2. The van der Waals surface area contributed by atoms with Crippen LogP contribution >= 0.6 is 0 Å². The van der Waals surface area contributed by atoms with E-state index in [2.05, 4.69) is 12.5 Å². The summed E-state index contributed by atoms with van der Waals surface area (Å²) in [5.74, 6) is 1.60. The van der Waals surface area contributed by atoms with E-state index in [9.17, 15) is 14.4 Å². The molecule has 0 fully saturated rings. The van der Waals surface area contributed by atoms with Crippen LogP contribution in [0.2, 0.25) is 0 Å². The highest BCUT2D eigenvalue weighted by Crippen LogP contribution is 2.15. The average molecular weight is 579 g/mol. The summed E-state index contributed by atoms with van der Waals surface area (Å²) in [5.41, 5.74) is -5.95. The third-order valence-corrected chi connectivity index (χ3v) is 4.97. The minimum Gasteiger partial charge on any atom is -0.481 e. The number of hydrogen-bond donors (Lipinski definition) is 12. The second kappa shape index (κ2) is 22.3. The first kappa shape index (κ1) is 43.5. The molecular formula is C25H38O15. The molecule has 228 valence electrons. The summed E-state index contributed by atoms with van der Waals surface area (Å²) in [6.07, 6.45) is 14.3. The average Bonchev–Trinajstić information content (AvgIpc) is 2.93. The van der Waals surface area contributed by atoms with Crippen LogP contribution in [0, 0.1) is 53.3 Å². The molecule has 15 nitrogen and oxygen atoms in total. The van der Waals surface area contributed by atoms with Crippen LogP contribution in [0.25, 0.3) is 0 Å². The lowest BCUT2D eigenvalue weighted by Crippen LogP contribution is -2.36. The van der Waals surface area contributed by atoms with Crippen LogP contribution in [-0.2, 0) is 14.4 Å². The van der Waals surface area contributed by atoms with Gasteiger partial charge < -0.3 is 61.3 Å². The summed E-state index contributed by atoms with van der Waals surface area (Å²) < 4.78 is 0. The van der Waals surface area contributed by atoms with Gasteiger partial charge >= 0.3 is 17.9 Å². The fourth-order valence-electron chi connectivity index (χ4n) is 1.63. The molecule has 0 saturated heterocycles. The van der Waals surface area contributed by atoms with Crippen molar-refractivity contribution in [3.05, 3.63) is 12.7 Å². The highest BCUT2D eigenvalue weighted by molar-refractivity contribution is 5.78. The molecule has 0 spiro atoms. The van der Waals surface area contributed by atoms with E-state index in [0.717, 1.165) is 0 Å². The second-order valence-corrected chi connectivity index (χ2v) is 8.10. The summed E-state index contributed by atoms with van der Waals surface area (Å²) in [7, 11) is 0. The Kier molecular flexibility index (Phi) is 24.3. The first-order chi connectivity index (χ1) is 18.5. The molecule has 0 heterocycles. The van der Waals surface area contributed by atoms with Crippen LogP contribution < -0.4 is 0 Å². The number of hydrogen-bond acceptors (Lipinski definition) is 12. The normalized spacial score (nSPS) is 10.8. The van der Waals surface area contributed by atoms with Gasteiger partial charge in [-0.2, -0.15) is 0 Å². The molecule has 0 bridgehead atoms. The molecule has 0 atom stereocenters. The number of carboxylic acids is 3. The molecular weight excluding hydrogens is 540 g/mol. The smallest absolute Gasteiger partial charge is 0.326 e. The van der Waals surface area contributed by atoms with E-state index in [0.29, 0.717) is 0 Å². The predicted molar refractivity (Wildman–Crippen MR) is 138 cm³/mol. The fourth-order valence-corrected chi connectivity index (χ4v) is 1.63. The van der Waals surface area contributed by atoms with Crippen LogP contribution in [0.5, 0.6) is 0 Å². The van der Waals surface area contributed by atoms with Crippen LogP contribution in [0.15, 0.2) is 12.7 Å². The fraction of sp³-hybridized carbons (Fsp3) is 0.560. The molecule has 0 aromatic heterocycles. The molecule has 0 radical (unpaired) electrons. The number of aliphatic hydroxyl groups is 9. The Balaban J connectivity index is -0.000000218. The van der Waals surface area contributed by atoms with Crippen molar-refractivity contribution in [3.63, 3.8) is 0 Å². The molecule has 0 rings (SSSR count). The second-order valence-electron chi connectivity index (χ2n) is 8.10. The summed E-state index contributed by atoms with van der Waals surface area (Å²) in [4.78, 5) is 30.5. The zero-order valence-electron chi connectivity index (χ0n) is 21.7. The third kappa shape index (κ3) is 16.4. The highest BCUT2D eigenvalue weighted by Gasteiger charge is 2.35. The largest absolute Gasteiger partial charge is 0.481 e. The summed E-state index contributed by atoms with van der Waals surface area (Å²) >= 11 is 0. The van der Waals surface area contributed by atoms with Gasteiger partial charge in [0.15, 0.2) is 5.41 Å². The van der Waals surface area contributed by atoms with Crippen LogP contribution in [0.1, 0.15) is 12.8 Å². The maximum Gasteiger partial charge on any atom is 0.326 e. The number of carboxylic acid groups (broad SMARTS) is 3. The van der Waals surface area contributed by atoms with Crippen molar-refractivity contribution in [2.75, 3.05) is 52.9 Å². The molecule has 0 amide bonds. The lowest BCUT2D eigenvalue weighted by atomic mass is 9.92. The van der Waals surface area contributed by atoms with E-state index in [1.54, 1.807) is 5.92 Å². The molecule has 0 aliphatic heterocycles. The third-order valence-electron chi connectivity index (χ3n) is 4.97. The Morgan fingerprint density at radius 3 is 1.02 bits per heavy atom. The van der Waals surface area contributed by atoms with Gasteiger partial charge in [0.2, 0.25) is 0 Å². The molecule has 0 aromatic rings. The Labute approximate surface area is 231 Å². The van der Waals surface area contributed by atoms with Crippen molar-refractivity contribution in [2.24, 2.45) is 16.2 Å². The Morgan fingerprint density at radius 1 is 0.625 bits per heavy atom. The van der Waals surface area contributed by atoms with Crippen molar-refractivity contribution in [3.8, 4) is 37.0 Å². The molecule has 0 aliphatic rings. The summed E-state index contributed by atoms with van der Waals surface area (Å²) in [6, 6.07) is 0. The maximum absolute atomic E-state index is 10.3. The molecule has 0 unspecified atom stereocenters. The lowest BCUT2D eigenvalue weighted by molar-refractivity contribution is -0.150. The minimum atomic E-state index is -2.09. The molecule has 0 aromatic carbocycles. The topological polar surface area (TPSA) is 294 Å². The van der Waals surface area contributed by atoms with Gasteiger partial charge in [-0.05, 0) is 0 Å². The Bertz CT molecular complexity index is 847. The van der Waals surface area contributed by atoms with Gasteiger partial charge in [0.1, 0.15) is 11.0 Å². The van der Waals surface area contributed by atoms with E-state index in [-0.39, 0.29) is 19.8 Å². The van der Waals surface area contributed by atoms with E-state index in [1.807, 2.05) is 5.92 Å². The highest BCUT2D eigenvalue weighted by atomic mass is 16.4. The van der Waals surface area contributed by atoms with E-state index in [1.165, 1.54) is 6.08 Å². The van der Waals surface area contributed by atoms with Crippen molar-refractivity contribution >= 4 is 17.9 Å². The van der Waals surface area contributed by atoms with E-state index in [4.69, 9.17) is 80.5 Å². The lowest BCUT2D eigenvalue weighted by Gasteiger charge is -2.21. The first-order valence-corrected chi connectivity index (χ1v) is 10.8. The van der Waals surface area contributed by atoms with Crippen LogP contribution in [0.4, 0.5) is 0 Å². The Morgan fingerprint density at radius 2 is 0.975 bits per heavy atom. The van der Waals surface area contributed by atoms with Gasteiger partial charge in [-0.25, -0.2) is 0 Å². The molecule has 0 aliphatic carbocycles. The van der Waals surface area contributed by atoms with E-state index >= 15 is 0 Å². The van der Waals surface area contributed by atoms with Gasteiger partial charge in [0, 0.05) is 0 Å². The Hall–Kier alpha value is -3.53. The van der Waals surface area contributed by atoms with Crippen molar-refractivity contribution in [1.82, 2.24) is 0 Å². The zero-order chi connectivity index (χ0) is 32.6. The summed E-state index contributed by atoms with van der Waals surface area (Å²) in [5, 5.41) is 102. The molecule has 12 N–H and O–H groups in total. The number of aliphatic carboxylic acids is 3. The predicted octanol–water partition coefficient (Wildman–Crippen LogP) is -4.31. The van der Waals surface area contributed by atoms with E-state index < -0.39 is 85.6 Å². The molecule has 15 heteroatoms. The van der Waals surface area contributed by atoms with Gasteiger partial charge in [-0.15, -0.1) is 25.8 Å². The van der Waals surface area contributed by atoms with Crippen molar-refractivity contribution in [2.45, 2.75) is 18.4 Å². The number of aliphatic hydroxyl groups excluding tert-OH is 8. The van der Waals surface area contributed by atoms with Gasteiger partial charge in [-0.3, -0.25) is 14.4 Å². The van der Waals surface area contributed by atoms with Gasteiger partial charge in [0.05, 0.1) is 71.1 Å². The number of carbonyl (C=O) groups is 3. The zero-order valence-corrected chi connectivity index (χ0v) is 21.7. The molecule has 40 heavy (non-hydrogen) atoms. The van der Waals surface area contributed by atoms with Gasteiger partial charge in [0.25, 0.3) is 0 Å². The quantitative estimate of drug-likeness (QED) is 0.0685. The molecule has 0 saturated carbocycles. The number of terminal acetylenes is 3. The van der Waals surface area contributed by atoms with Crippen molar-refractivity contribution in [1.29, 1.82) is 0 Å². The van der Waals surface area contributed by atoms with Gasteiger partial charge in [-0.1, -0.05) is 23.8 Å². The number of rotatable bonds is 14. The first-order valence-electron chi connectivity index (χ1n) is 10.8. The monoisotopic (exact) mass is 578 g/mol. The SMILES string of the molecule is C#CC(CO)(CO)C(=O)O.C#CC(CO)(CO)CO.C#CC(O)(CC(=O)O)CC(=O)O.C=CC(CO)(CO)CO. The summed E-state index contributed by atoms with van der Waals surface area (Å²) in [6.45, 7) is -0.144. The van der Waals surface area contributed by atoms with Crippen molar-refractivity contribution < 1.29 is 75.7 Å². The maximum atomic E-state index is 10.3. The van der Waals surface area contributed by atoms with Crippen LogP contribution in [-0.4, -0.2) is 138 Å². The minimum absolute atomic E-state index is 0.274.